The standard InChI is InChI=1S/C11H22N2O3S/c1-9(10-4-6-16-8-10)13-17(14,15)11-3-2-5-12-7-11/h9-13H,2-8H2,1H3. The number of hydrogen-bond donors (Lipinski definition) is 2. The summed E-state index contributed by atoms with van der Waals surface area (Å²) in [5, 5.41) is 2.86. The smallest absolute Gasteiger partial charge is 0.215 e. The molecule has 0 radical (unpaired) electrons. The summed E-state index contributed by atoms with van der Waals surface area (Å²) in [4.78, 5) is 0. The van der Waals surface area contributed by atoms with Gasteiger partial charge in [0.2, 0.25) is 10.0 Å². The van der Waals surface area contributed by atoms with Gasteiger partial charge in [-0.05, 0) is 32.7 Å². The number of nitrogens with one attached hydrogen (secondary N) is 2. The van der Waals surface area contributed by atoms with Crippen LogP contribution in [-0.2, 0) is 14.8 Å². The Bertz CT molecular complexity index is 333. The van der Waals surface area contributed by atoms with Crippen molar-refractivity contribution in [1.82, 2.24) is 10.0 Å². The maximum absolute atomic E-state index is 12.2. The van der Waals surface area contributed by atoms with Gasteiger partial charge in [-0.25, -0.2) is 13.1 Å². The summed E-state index contributed by atoms with van der Waals surface area (Å²) in [7, 11) is -3.19. The highest BCUT2D eigenvalue weighted by atomic mass is 32.2. The molecule has 2 rings (SSSR count). The van der Waals surface area contributed by atoms with Gasteiger partial charge < -0.3 is 10.1 Å². The van der Waals surface area contributed by atoms with E-state index < -0.39 is 10.0 Å². The molecule has 0 aliphatic carbocycles. The van der Waals surface area contributed by atoms with Crippen LogP contribution in [0.1, 0.15) is 26.2 Å². The van der Waals surface area contributed by atoms with Gasteiger partial charge in [0.15, 0.2) is 0 Å². The third-order valence-electron chi connectivity index (χ3n) is 3.71. The number of rotatable bonds is 4. The first kappa shape index (κ1) is 13.3. The Labute approximate surface area is 103 Å². The van der Waals surface area contributed by atoms with Gasteiger partial charge in [-0.2, -0.15) is 0 Å². The van der Waals surface area contributed by atoms with Crippen molar-refractivity contribution in [2.75, 3.05) is 26.3 Å². The van der Waals surface area contributed by atoms with Crippen molar-refractivity contribution >= 4 is 10.0 Å². The summed E-state index contributed by atoms with van der Waals surface area (Å²) in [6.07, 6.45) is 2.65. The van der Waals surface area contributed by atoms with Crippen molar-refractivity contribution in [3.63, 3.8) is 0 Å². The molecule has 17 heavy (non-hydrogen) atoms. The first-order valence-electron chi connectivity index (χ1n) is 6.39. The first-order valence-corrected chi connectivity index (χ1v) is 7.94. The lowest BCUT2D eigenvalue weighted by atomic mass is 10.0. The summed E-state index contributed by atoms with van der Waals surface area (Å²) in [5.74, 6) is 0.321. The van der Waals surface area contributed by atoms with Crippen molar-refractivity contribution < 1.29 is 13.2 Å². The largest absolute Gasteiger partial charge is 0.381 e. The summed E-state index contributed by atoms with van der Waals surface area (Å²) < 4.78 is 32.4. The predicted molar refractivity (Wildman–Crippen MR) is 66.3 cm³/mol. The fourth-order valence-electron chi connectivity index (χ4n) is 2.48. The molecule has 0 amide bonds. The van der Waals surface area contributed by atoms with E-state index in [0.717, 1.165) is 32.4 Å². The molecule has 2 saturated heterocycles. The van der Waals surface area contributed by atoms with Crippen LogP contribution in [0, 0.1) is 5.92 Å². The van der Waals surface area contributed by atoms with Crippen LogP contribution < -0.4 is 10.0 Å². The second-order valence-electron chi connectivity index (χ2n) is 5.04. The minimum atomic E-state index is -3.19. The molecule has 2 N–H and O–H groups in total. The van der Waals surface area contributed by atoms with E-state index in [2.05, 4.69) is 10.0 Å². The fourth-order valence-corrected chi connectivity index (χ4v) is 4.20. The molecule has 3 unspecified atom stereocenters. The molecule has 5 nitrogen and oxygen atoms in total. The third kappa shape index (κ3) is 3.40. The quantitative estimate of drug-likeness (QED) is 0.753. The van der Waals surface area contributed by atoms with E-state index in [4.69, 9.17) is 4.74 Å². The minimum absolute atomic E-state index is 0.0237. The lowest BCUT2D eigenvalue weighted by Crippen LogP contribution is -2.48. The predicted octanol–water partition coefficient (Wildman–Crippen LogP) is 0.0828. The number of ether oxygens (including phenoxy) is 1. The highest BCUT2D eigenvalue weighted by molar-refractivity contribution is 7.90. The van der Waals surface area contributed by atoms with Gasteiger partial charge in [0.1, 0.15) is 0 Å². The Morgan fingerprint density at radius 3 is 2.82 bits per heavy atom. The molecule has 2 aliphatic rings. The Balaban J connectivity index is 1.91. The number of sulfonamides is 1. The SMILES string of the molecule is CC(NS(=O)(=O)C1CCCNC1)C1CCOC1. The molecular weight excluding hydrogens is 240 g/mol. The van der Waals surface area contributed by atoms with Crippen molar-refractivity contribution in [1.29, 1.82) is 0 Å². The maximum Gasteiger partial charge on any atom is 0.215 e. The second-order valence-corrected chi connectivity index (χ2v) is 7.04. The zero-order valence-corrected chi connectivity index (χ0v) is 11.1. The Morgan fingerprint density at radius 2 is 2.24 bits per heavy atom. The molecule has 2 fully saturated rings. The van der Waals surface area contributed by atoms with Crippen LogP contribution in [0.4, 0.5) is 0 Å². The molecule has 0 bridgehead atoms. The topological polar surface area (TPSA) is 67.4 Å². The minimum Gasteiger partial charge on any atom is -0.381 e. The maximum atomic E-state index is 12.2. The molecule has 0 saturated carbocycles. The molecule has 2 aliphatic heterocycles. The molecule has 0 aromatic heterocycles. The number of piperidine rings is 1. The summed E-state index contributed by atoms with van der Waals surface area (Å²) in [6.45, 7) is 4.86. The van der Waals surface area contributed by atoms with Crippen molar-refractivity contribution in [3.8, 4) is 0 Å². The third-order valence-corrected chi connectivity index (χ3v) is 5.69. The Kier molecular flexibility index (Phi) is 4.41. The molecule has 0 aromatic carbocycles. The van der Waals surface area contributed by atoms with Crippen LogP contribution in [0.25, 0.3) is 0 Å². The van der Waals surface area contributed by atoms with E-state index in [9.17, 15) is 8.42 Å². The van der Waals surface area contributed by atoms with Crippen LogP contribution in [-0.4, -0.2) is 46.0 Å². The van der Waals surface area contributed by atoms with Crippen molar-refractivity contribution in [2.24, 2.45) is 5.92 Å². The van der Waals surface area contributed by atoms with E-state index in [0.29, 0.717) is 19.1 Å². The molecule has 2 heterocycles. The van der Waals surface area contributed by atoms with Crippen LogP contribution in [0.3, 0.4) is 0 Å². The lowest BCUT2D eigenvalue weighted by molar-refractivity contribution is 0.180. The van der Waals surface area contributed by atoms with Gasteiger partial charge in [-0.15, -0.1) is 0 Å². The van der Waals surface area contributed by atoms with Crippen LogP contribution in [0.15, 0.2) is 0 Å². The van der Waals surface area contributed by atoms with E-state index >= 15 is 0 Å². The van der Waals surface area contributed by atoms with E-state index in [1.54, 1.807) is 0 Å². The molecule has 6 heteroatoms. The normalized spacial score (nSPS) is 32.5. The van der Waals surface area contributed by atoms with Gasteiger partial charge >= 0.3 is 0 Å². The highest BCUT2D eigenvalue weighted by Crippen LogP contribution is 2.19. The van der Waals surface area contributed by atoms with Crippen molar-refractivity contribution in [3.05, 3.63) is 0 Å². The van der Waals surface area contributed by atoms with Gasteiger partial charge in [0, 0.05) is 25.1 Å². The highest BCUT2D eigenvalue weighted by Gasteiger charge is 2.31. The molecule has 100 valence electrons. The summed E-state index contributed by atoms with van der Waals surface area (Å²) >= 11 is 0. The average Bonchev–Trinajstić information content (AvgIpc) is 2.83. The second kappa shape index (κ2) is 5.65. The first-order chi connectivity index (χ1) is 8.09. The van der Waals surface area contributed by atoms with Crippen LogP contribution >= 0.6 is 0 Å². The van der Waals surface area contributed by atoms with E-state index in [-0.39, 0.29) is 11.3 Å². The molecular formula is C11H22N2O3S. The van der Waals surface area contributed by atoms with Gasteiger partial charge in [-0.1, -0.05) is 0 Å². The zero-order chi connectivity index (χ0) is 12.3. The molecule has 3 atom stereocenters. The van der Waals surface area contributed by atoms with Crippen LogP contribution in [0.2, 0.25) is 0 Å². The lowest BCUT2D eigenvalue weighted by Gasteiger charge is -2.26. The molecule has 0 spiro atoms. The monoisotopic (exact) mass is 262 g/mol. The number of hydrogen-bond acceptors (Lipinski definition) is 4. The zero-order valence-electron chi connectivity index (χ0n) is 10.3. The molecule has 0 aromatic rings. The fraction of sp³-hybridized carbons (Fsp3) is 1.00. The summed E-state index contributed by atoms with van der Waals surface area (Å²) in [6, 6.07) is -0.0237. The van der Waals surface area contributed by atoms with Gasteiger partial charge in [0.25, 0.3) is 0 Å². The Hall–Kier alpha value is -0.170. The Morgan fingerprint density at radius 1 is 1.41 bits per heavy atom. The van der Waals surface area contributed by atoms with E-state index in [1.807, 2.05) is 6.92 Å². The average molecular weight is 262 g/mol. The van der Waals surface area contributed by atoms with Crippen LogP contribution in [0.5, 0.6) is 0 Å². The summed E-state index contributed by atoms with van der Waals surface area (Å²) in [5.41, 5.74) is 0. The van der Waals surface area contributed by atoms with Gasteiger partial charge in [-0.3, -0.25) is 0 Å². The van der Waals surface area contributed by atoms with Crippen molar-refractivity contribution in [2.45, 2.75) is 37.5 Å². The van der Waals surface area contributed by atoms with Gasteiger partial charge in [0.05, 0.1) is 11.9 Å². The van der Waals surface area contributed by atoms with E-state index in [1.165, 1.54) is 0 Å².